The molecule has 10 heavy (non-hydrogen) atoms. The van der Waals surface area contributed by atoms with Gasteiger partial charge in [0.2, 0.25) is 0 Å². The summed E-state index contributed by atoms with van der Waals surface area (Å²) in [5.41, 5.74) is 6.52. The van der Waals surface area contributed by atoms with Crippen molar-refractivity contribution in [1.82, 2.24) is 4.90 Å². The topological polar surface area (TPSA) is 29.3 Å². The summed E-state index contributed by atoms with van der Waals surface area (Å²) in [7, 11) is 2.02. The highest BCUT2D eigenvalue weighted by Crippen LogP contribution is 2.10. The first-order valence-corrected chi connectivity index (χ1v) is 3.51. The molecule has 0 aliphatic rings. The Morgan fingerprint density at radius 2 is 1.80 bits per heavy atom. The van der Waals surface area contributed by atoms with Gasteiger partial charge in [-0.05, 0) is 27.7 Å². The van der Waals surface area contributed by atoms with Gasteiger partial charge in [-0.2, -0.15) is 0 Å². The first-order valence-electron chi connectivity index (χ1n) is 3.51. The number of nitrogens with two attached hydrogens (primary N) is 1. The van der Waals surface area contributed by atoms with Crippen molar-refractivity contribution in [3.05, 3.63) is 11.9 Å². The van der Waals surface area contributed by atoms with E-state index in [0.717, 1.165) is 5.70 Å². The fourth-order valence-corrected chi connectivity index (χ4v) is 0.499. The fraction of sp³-hybridized carbons (Fsp3) is 0.750. The van der Waals surface area contributed by atoms with Crippen LogP contribution in [0.2, 0.25) is 0 Å². The van der Waals surface area contributed by atoms with E-state index in [-0.39, 0.29) is 5.54 Å². The Bertz CT molecular complexity index is 127. The highest BCUT2D eigenvalue weighted by atomic mass is 15.1. The van der Waals surface area contributed by atoms with Crippen molar-refractivity contribution in [3.8, 4) is 0 Å². The minimum Gasteiger partial charge on any atom is -0.401 e. The van der Waals surface area contributed by atoms with E-state index in [1.165, 1.54) is 0 Å². The maximum Gasteiger partial charge on any atom is 0.0309 e. The van der Waals surface area contributed by atoms with Gasteiger partial charge in [-0.1, -0.05) is 0 Å². The monoisotopic (exact) mass is 142 g/mol. The average molecular weight is 142 g/mol. The van der Waals surface area contributed by atoms with Gasteiger partial charge < -0.3 is 10.6 Å². The smallest absolute Gasteiger partial charge is 0.0309 e. The lowest BCUT2D eigenvalue weighted by Crippen LogP contribution is -2.34. The molecule has 2 N–H and O–H groups in total. The quantitative estimate of drug-likeness (QED) is 0.601. The van der Waals surface area contributed by atoms with Crippen LogP contribution in [0, 0.1) is 0 Å². The Hall–Kier alpha value is -0.660. The minimum atomic E-state index is 0.167. The van der Waals surface area contributed by atoms with E-state index in [0.29, 0.717) is 0 Å². The third-order valence-electron chi connectivity index (χ3n) is 1.46. The van der Waals surface area contributed by atoms with Gasteiger partial charge in [0, 0.05) is 24.5 Å². The lowest BCUT2D eigenvalue weighted by Gasteiger charge is -2.30. The van der Waals surface area contributed by atoms with E-state index in [4.69, 9.17) is 5.73 Å². The van der Waals surface area contributed by atoms with Crippen LogP contribution >= 0.6 is 0 Å². The summed E-state index contributed by atoms with van der Waals surface area (Å²) in [6, 6.07) is 0. The van der Waals surface area contributed by atoms with Gasteiger partial charge in [-0.25, -0.2) is 0 Å². The molecule has 2 nitrogen and oxygen atoms in total. The molecule has 0 unspecified atom stereocenters. The van der Waals surface area contributed by atoms with E-state index >= 15 is 0 Å². The molecule has 0 aromatic rings. The van der Waals surface area contributed by atoms with Crippen molar-refractivity contribution in [3.63, 3.8) is 0 Å². The van der Waals surface area contributed by atoms with Crippen LogP contribution in [0.25, 0.3) is 0 Å². The zero-order valence-corrected chi connectivity index (χ0v) is 7.60. The van der Waals surface area contributed by atoms with Crippen molar-refractivity contribution >= 4 is 0 Å². The molecule has 0 rings (SSSR count). The van der Waals surface area contributed by atoms with Gasteiger partial charge in [0.1, 0.15) is 0 Å². The molecule has 0 aliphatic carbocycles. The average Bonchev–Trinajstić information content (AvgIpc) is 1.60. The van der Waals surface area contributed by atoms with Crippen molar-refractivity contribution in [2.75, 3.05) is 7.05 Å². The fourth-order valence-electron chi connectivity index (χ4n) is 0.499. The van der Waals surface area contributed by atoms with Crippen LogP contribution in [0.3, 0.4) is 0 Å². The van der Waals surface area contributed by atoms with Crippen molar-refractivity contribution < 1.29 is 0 Å². The van der Waals surface area contributed by atoms with E-state index in [2.05, 4.69) is 25.7 Å². The predicted octanol–water partition coefficient (Wildman–Crippen LogP) is 1.54. The van der Waals surface area contributed by atoms with Gasteiger partial charge in [-0.15, -0.1) is 0 Å². The Kier molecular flexibility index (Phi) is 2.76. The van der Waals surface area contributed by atoms with Gasteiger partial charge in [0.25, 0.3) is 0 Å². The van der Waals surface area contributed by atoms with Crippen LogP contribution in [-0.2, 0) is 0 Å². The lowest BCUT2D eigenvalue weighted by molar-refractivity contribution is 0.248. The molecular weight excluding hydrogens is 124 g/mol. The molecule has 2 heteroatoms. The molecule has 0 heterocycles. The number of hydrogen-bond donors (Lipinski definition) is 1. The standard InChI is InChI=1S/C8H18N2/c1-7(9)6-10(5)8(2,3)4/h6H,9H2,1-5H3/b7-6+. The highest BCUT2D eigenvalue weighted by Gasteiger charge is 2.12. The number of nitrogens with zero attached hydrogens (tertiary/aromatic N) is 1. The lowest BCUT2D eigenvalue weighted by atomic mass is 10.1. The van der Waals surface area contributed by atoms with Crippen LogP contribution in [0.15, 0.2) is 11.9 Å². The largest absolute Gasteiger partial charge is 0.401 e. The predicted molar refractivity (Wildman–Crippen MR) is 45.5 cm³/mol. The Labute approximate surface area is 63.7 Å². The Balaban J connectivity index is 4.11. The number of allylic oxidation sites excluding steroid dienone is 1. The maximum absolute atomic E-state index is 5.51. The SMILES string of the molecule is C/C(N)=C\N(C)C(C)(C)C. The maximum atomic E-state index is 5.51. The summed E-state index contributed by atoms with van der Waals surface area (Å²) in [4.78, 5) is 2.10. The third kappa shape index (κ3) is 3.38. The van der Waals surface area contributed by atoms with Crippen LogP contribution in [-0.4, -0.2) is 17.5 Å². The second kappa shape index (κ2) is 2.95. The molecule has 0 spiro atoms. The van der Waals surface area contributed by atoms with Gasteiger partial charge in [0.05, 0.1) is 0 Å². The van der Waals surface area contributed by atoms with Gasteiger partial charge in [-0.3, -0.25) is 0 Å². The Morgan fingerprint density at radius 3 is 1.90 bits per heavy atom. The molecular formula is C8H18N2. The van der Waals surface area contributed by atoms with Crippen LogP contribution in [0.5, 0.6) is 0 Å². The van der Waals surface area contributed by atoms with Gasteiger partial charge >= 0.3 is 0 Å². The molecule has 0 saturated carbocycles. The van der Waals surface area contributed by atoms with E-state index < -0.39 is 0 Å². The normalized spacial score (nSPS) is 13.5. The molecule has 60 valence electrons. The second-order valence-electron chi connectivity index (χ2n) is 3.65. The summed E-state index contributed by atoms with van der Waals surface area (Å²) in [6.45, 7) is 8.33. The first-order chi connectivity index (χ1) is 4.34. The zero-order valence-electron chi connectivity index (χ0n) is 7.60. The number of hydrogen-bond acceptors (Lipinski definition) is 2. The summed E-state index contributed by atoms with van der Waals surface area (Å²) in [5.74, 6) is 0. The minimum absolute atomic E-state index is 0.167. The second-order valence-corrected chi connectivity index (χ2v) is 3.65. The third-order valence-corrected chi connectivity index (χ3v) is 1.46. The van der Waals surface area contributed by atoms with Crippen LogP contribution < -0.4 is 5.73 Å². The molecule has 0 aromatic carbocycles. The Morgan fingerprint density at radius 1 is 1.40 bits per heavy atom. The number of rotatable bonds is 1. The first kappa shape index (κ1) is 9.34. The molecule has 0 saturated heterocycles. The van der Waals surface area contributed by atoms with E-state index in [1.54, 1.807) is 0 Å². The van der Waals surface area contributed by atoms with Crippen LogP contribution in [0.1, 0.15) is 27.7 Å². The van der Waals surface area contributed by atoms with Crippen LogP contribution in [0.4, 0.5) is 0 Å². The molecule has 0 aromatic heterocycles. The van der Waals surface area contributed by atoms with E-state index in [1.807, 2.05) is 20.2 Å². The van der Waals surface area contributed by atoms with E-state index in [9.17, 15) is 0 Å². The zero-order chi connectivity index (χ0) is 8.36. The summed E-state index contributed by atoms with van der Waals surface area (Å²) in [5, 5.41) is 0. The molecule has 0 radical (unpaired) electrons. The summed E-state index contributed by atoms with van der Waals surface area (Å²) >= 11 is 0. The van der Waals surface area contributed by atoms with Gasteiger partial charge in [0.15, 0.2) is 0 Å². The van der Waals surface area contributed by atoms with Crippen molar-refractivity contribution in [2.24, 2.45) is 5.73 Å². The van der Waals surface area contributed by atoms with Crippen molar-refractivity contribution in [2.45, 2.75) is 33.2 Å². The van der Waals surface area contributed by atoms with Crippen molar-refractivity contribution in [1.29, 1.82) is 0 Å². The molecule has 0 bridgehead atoms. The molecule has 0 amide bonds. The molecule has 0 atom stereocenters. The summed E-state index contributed by atoms with van der Waals surface area (Å²) < 4.78 is 0. The molecule has 0 fully saturated rings. The molecule has 0 aliphatic heterocycles. The highest BCUT2D eigenvalue weighted by molar-refractivity contribution is 4.94. The summed E-state index contributed by atoms with van der Waals surface area (Å²) in [6.07, 6.45) is 1.94.